The molecule has 128 valence electrons. The van der Waals surface area contributed by atoms with E-state index in [0.717, 1.165) is 38.0 Å². The van der Waals surface area contributed by atoms with Crippen molar-refractivity contribution in [2.75, 3.05) is 13.1 Å². The first-order valence-electron chi connectivity index (χ1n) is 8.51. The highest BCUT2D eigenvalue weighted by atomic mass is 19.1. The molecule has 24 heavy (non-hydrogen) atoms. The molecule has 1 N–H and O–H groups in total. The first kappa shape index (κ1) is 16.7. The molecule has 0 radical (unpaired) electrons. The molecule has 0 unspecified atom stereocenters. The third kappa shape index (κ3) is 4.23. The fourth-order valence-corrected chi connectivity index (χ4v) is 3.15. The minimum atomic E-state index is -0.197. The Kier molecular flexibility index (Phi) is 5.30. The zero-order chi connectivity index (χ0) is 16.9. The fraction of sp³-hybridized carbons (Fsp3) is 0.421. The second kappa shape index (κ2) is 7.62. The third-order valence-corrected chi connectivity index (χ3v) is 4.71. The summed E-state index contributed by atoms with van der Waals surface area (Å²) in [4.78, 5) is 14.7. The van der Waals surface area contributed by atoms with Gasteiger partial charge in [0.05, 0.1) is 0 Å². The number of amides is 1. The van der Waals surface area contributed by atoms with Gasteiger partial charge < -0.3 is 9.88 Å². The molecule has 3 rings (SSSR count). The Morgan fingerprint density at radius 2 is 1.83 bits per heavy atom. The Bertz CT molecular complexity index is 646. The van der Waals surface area contributed by atoms with Crippen LogP contribution in [0.4, 0.5) is 4.39 Å². The molecule has 0 aliphatic carbocycles. The van der Waals surface area contributed by atoms with Gasteiger partial charge in [-0.15, -0.1) is 0 Å². The molecule has 1 aromatic carbocycles. The molecule has 0 saturated carbocycles. The lowest BCUT2D eigenvalue weighted by molar-refractivity contribution is -0.124. The molecule has 5 heteroatoms. The lowest BCUT2D eigenvalue weighted by atomic mass is 10.0. The quantitative estimate of drug-likeness (QED) is 0.916. The molecule has 0 bridgehead atoms. The number of hydrogen-bond acceptors (Lipinski definition) is 2. The van der Waals surface area contributed by atoms with Crippen LogP contribution in [-0.4, -0.2) is 34.5 Å². The Labute approximate surface area is 142 Å². The first-order chi connectivity index (χ1) is 11.6. The first-order valence-corrected chi connectivity index (χ1v) is 8.51. The number of carbonyl (C=O) groups is 1. The predicted molar refractivity (Wildman–Crippen MR) is 92.0 cm³/mol. The number of piperidine rings is 1. The summed E-state index contributed by atoms with van der Waals surface area (Å²) in [6, 6.07) is 10.6. The highest BCUT2D eigenvalue weighted by Gasteiger charge is 2.23. The molecule has 1 atom stereocenters. The number of benzene rings is 1. The molecule has 2 heterocycles. The molecular formula is C19H24FN3O. The maximum atomic E-state index is 12.9. The van der Waals surface area contributed by atoms with Gasteiger partial charge in [-0.05, 0) is 49.6 Å². The zero-order valence-electron chi connectivity index (χ0n) is 14.0. The van der Waals surface area contributed by atoms with E-state index in [1.807, 2.05) is 48.1 Å². The van der Waals surface area contributed by atoms with Gasteiger partial charge in [-0.2, -0.15) is 0 Å². The zero-order valence-corrected chi connectivity index (χ0v) is 14.0. The largest absolute Gasteiger partial charge is 0.351 e. The van der Waals surface area contributed by atoms with Crippen molar-refractivity contribution in [3.05, 3.63) is 60.2 Å². The molecule has 1 aliphatic rings. The van der Waals surface area contributed by atoms with Gasteiger partial charge >= 0.3 is 0 Å². The van der Waals surface area contributed by atoms with Gasteiger partial charge in [0.2, 0.25) is 5.91 Å². The monoisotopic (exact) mass is 329 g/mol. The highest BCUT2D eigenvalue weighted by molar-refractivity contribution is 5.80. The second-order valence-electron chi connectivity index (χ2n) is 6.49. The van der Waals surface area contributed by atoms with Gasteiger partial charge in [0.15, 0.2) is 0 Å². The summed E-state index contributed by atoms with van der Waals surface area (Å²) in [5, 5.41) is 3.16. The van der Waals surface area contributed by atoms with Crippen molar-refractivity contribution < 1.29 is 9.18 Å². The van der Waals surface area contributed by atoms with Gasteiger partial charge in [-0.3, -0.25) is 9.69 Å². The second-order valence-corrected chi connectivity index (χ2v) is 6.49. The van der Waals surface area contributed by atoms with E-state index >= 15 is 0 Å². The van der Waals surface area contributed by atoms with Crippen molar-refractivity contribution in [1.82, 2.24) is 14.8 Å². The van der Waals surface area contributed by atoms with Crippen LogP contribution in [0.3, 0.4) is 0 Å². The molecule has 4 nitrogen and oxygen atoms in total. The number of likely N-dealkylation sites (tertiary alicyclic amines) is 1. The van der Waals surface area contributed by atoms with Crippen LogP contribution in [-0.2, 0) is 11.3 Å². The molecule has 0 spiro atoms. The van der Waals surface area contributed by atoms with E-state index in [1.165, 1.54) is 12.1 Å². The topological polar surface area (TPSA) is 37.3 Å². The number of halogens is 1. The molecule has 1 aliphatic heterocycles. The number of rotatable bonds is 5. The lowest BCUT2D eigenvalue weighted by Gasteiger charge is -2.33. The van der Waals surface area contributed by atoms with Crippen molar-refractivity contribution in [3.8, 4) is 0 Å². The number of nitrogens with zero attached hydrogens (tertiary/aromatic N) is 2. The van der Waals surface area contributed by atoms with Crippen LogP contribution in [0.15, 0.2) is 48.8 Å². The molecule has 1 fully saturated rings. The maximum absolute atomic E-state index is 12.9. The Balaban J connectivity index is 1.45. The number of carbonyl (C=O) groups excluding carboxylic acids is 1. The SMILES string of the molecule is C[C@@H](C(=O)NC1CCN(Cc2ccc(F)cc2)CC1)n1cccc1. The summed E-state index contributed by atoms with van der Waals surface area (Å²) in [6.45, 7) is 4.64. The van der Waals surface area contributed by atoms with Crippen molar-refractivity contribution in [2.45, 2.75) is 38.4 Å². The fourth-order valence-electron chi connectivity index (χ4n) is 3.15. The lowest BCUT2D eigenvalue weighted by Crippen LogP contribution is -2.46. The van der Waals surface area contributed by atoms with Crippen molar-refractivity contribution in [1.29, 1.82) is 0 Å². The summed E-state index contributed by atoms with van der Waals surface area (Å²) in [7, 11) is 0. The Morgan fingerprint density at radius 1 is 1.21 bits per heavy atom. The minimum Gasteiger partial charge on any atom is -0.351 e. The summed E-state index contributed by atoms with van der Waals surface area (Å²) in [5.74, 6) is -0.125. The minimum absolute atomic E-state index is 0.0724. The average molecular weight is 329 g/mol. The molecular weight excluding hydrogens is 305 g/mol. The third-order valence-electron chi connectivity index (χ3n) is 4.71. The number of aromatic nitrogens is 1. The van der Waals surface area contributed by atoms with Gasteiger partial charge in [0.25, 0.3) is 0 Å². The number of hydrogen-bond donors (Lipinski definition) is 1. The van der Waals surface area contributed by atoms with Gasteiger partial charge in [-0.1, -0.05) is 12.1 Å². The predicted octanol–water partition coefficient (Wildman–Crippen LogP) is 2.97. The average Bonchev–Trinajstić information content (AvgIpc) is 3.12. The van der Waals surface area contributed by atoms with Crippen LogP contribution in [0.5, 0.6) is 0 Å². The van der Waals surface area contributed by atoms with E-state index in [1.54, 1.807) is 0 Å². The number of nitrogens with one attached hydrogen (secondary N) is 1. The van der Waals surface area contributed by atoms with Crippen LogP contribution >= 0.6 is 0 Å². The van der Waals surface area contributed by atoms with Crippen LogP contribution < -0.4 is 5.32 Å². The van der Waals surface area contributed by atoms with Gasteiger partial charge in [0, 0.05) is 38.1 Å². The Hall–Kier alpha value is -2.14. The van der Waals surface area contributed by atoms with E-state index in [-0.39, 0.29) is 23.8 Å². The molecule has 2 aromatic rings. The van der Waals surface area contributed by atoms with E-state index in [2.05, 4.69) is 10.2 Å². The Morgan fingerprint density at radius 3 is 2.46 bits per heavy atom. The van der Waals surface area contributed by atoms with Crippen LogP contribution in [0.25, 0.3) is 0 Å². The van der Waals surface area contributed by atoms with Crippen LogP contribution in [0, 0.1) is 5.82 Å². The smallest absolute Gasteiger partial charge is 0.242 e. The molecule has 1 aromatic heterocycles. The van der Waals surface area contributed by atoms with Gasteiger partial charge in [0.1, 0.15) is 11.9 Å². The standard InChI is InChI=1S/C19H24FN3O/c1-15(23-10-2-3-11-23)19(24)21-18-8-12-22(13-9-18)14-16-4-6-17(20)7-5-16/h2-7,10-11,15,18H,8-9,12-14H2,1H3,(H,21,24)/t15-/m0/s1. The maximum Gasteiger partial charge on any atom is 0.242 e. The van der Waals surface area contributed by atoms with Crippen molar-refractivity contribution in [2.24, 2.45) is 0 Å². The molecule has 1 amide bonds. The summed E-state index contributed by atoms with van der Waals surface area (Å²) < 4.78 is 14.9. The van der Waals surface area contributed by atoms with Crippen molar-refractivity contribution >= 4 is 5.91 Å². The van der Waals surface area contributed by atoms with Crippen LogP contribution in [0.1, 0.15) is 31.4 Å². The summed E-state index contributed by atoms with van der Waals surface area (Å²) in [6.07, 6.45) is 5.72. The van der Waals surface area contributed by atoms with Crippen LogP contribution in [0.2, 0.25) is 0 Å². The van der Waals surface area contributed by atoms with E-state index < -0.39 is 0 Å². The normalized spacial score (nSPS) is 17.6. The van der Waals surface area contributed by atoms with E-state index in [0.29, 0.717) is 0 Å². The summed E-state index contributed by atoms with van der Waals surface area (Å²) in [5.41, 5.74) is 1.13. The van der Waals surface area contributed by atoms with Gasteiger partial charge in [-0.25, -0.2) is 4.39 Å². The molecule has 1 saturated heterocycles. The highest BCUT2D eigenvalue weighted by Crippen LogP contribution is 2.15. The summed E-state index contributed by atoms with van der Waals surface area (Å²) >= 11 is 0. The van der Waals surface area contributed by atoms with Crippen molar-refractivity contribution in [3.63, 3.8) is 0 Å². The van der Waals surface area contributed by atoms with E-state index in [4.69, 9.17) is 0 Å². The van der Waals surface area contributed by atoms with E-state index in [9.17, 15) is 9.18 Å².